The van der Waals surface area contributed by atoms with E-state index in [1.54, 1.807) is 92.4 Å². The van der Waals surface area contributed by atoms with Crippen molar-refractivity contribution in [2.24, 2.45) is 0 Å². The Bertz CT molecular complexity index is 5430. The van der Waals surface area contributed by atoms with Gasteiger partial charge in [0.05, 0.1) is 50.3 Å². The van der Waals surface area contributed by atoms with E-state index in [-0.39, 0.29) is 54.8 Å². The summed E-state index contributed by atoms with van der Waals surface area (Å²) < 4.78 is 67.7. The number of aromatic amines is 3. The Kier molecular flexibility index (Phi) is 25.2. The number of amides is 3. The first-order valence-corrected chi connectivity index (χ1v) is 39.1. The number of halogens is 4. The molecule has 6 atom stereocenters. The third-order valence-electron chi connectivity index (χ3n) is 17.2. The van der Waals surface area contributed by atoms with Crippen LogP contribution >= 0.6 is 46.4 Å². The summed E-state index contributed by atoms with van der Waals surface area (Å²) in [4.78, 5) is 39.5. The van der Waals surface area contributed by atoms with Gasteiger partial charge in [0.15, 0.2) is 40.2 Å². The van der Waals surface area contributed by atoms with Crippen molar-refractivity contribution in [3.8, 4) is 17.2 Å². The largest absolute Gasteiger partial charge is 0.385 e. The molecule has 27 nitrogen and oxygen atoms in total. The number of carbonyl (C=O) groups is 3. The number of nitrogens with zero attached hydrogens (tertiary/aromatic N) is 9. The lowest BCUT2D eigenvalue weighted by molar-refractivity contribution is 0.0929. The molecule has 3 amide bonds. The van der Waals surface area contributed by atoms with Gasteiger partial charge >= 0.3 is 33.8 Å². The SMILES string of the molecule is Cc1cc(C)c(OS(=O)Nc2ccc(C)c(C(=O)NC(C)c3nnc4cc(C(C)(C)C)[nH]n34)c2)c(C)c1.Cc1ccc(NS(=O)Oc2cc(Cl)c(Cl)cc2Cl)cc1C(=O)NC(C)c1nnc2cc(C(C)(C)C)[nH]n12.Cc1ccc(NS(=O)Oc2ccc(Cl)cc2)cc1C(=O)NC(C)c1nnc2cc(C(C)(C)C)[nH]n12. The first-order valence-electron chi connectivity index (χ1n) is 34.3. The van der Waals surface area contributed by atoms with E-state index >= 15 is 0 Å². The summed E-state index contributed by atoms with van der Waals surface area (Å²) in [6.07, 6.45) is 0. The van der Waals surface area contributed by atoms with E-state index in [2.05, 4.69) is 138 Å². The van der Waals surface area contributed by atoms with Crippen LogP contribution in [0.5, 0.6) is 17.2 Å². The van der Waals surface area contributed by atoms with Gasteiger partial charge in [-0.25, -0.2) is 13.5 Å². The molecule has 0 radical (unpaired) electrons. The van der Waals surface area contributed by atoms with Gasteiger partial charge in [0.2, 0.25) is 0 Å². The molecular formula is C75H86Cl4N18O9S3. The number of benzene rings is 6. The van der Waals surface area contributed by atoms with Crippen LogP contribution in [0.3, 0.4) is 0 Å². The normalized spacial score (nSPS) is 13.4. The van der Waals surface area contributed by atoms with Crippen LogP contribution in [0.15, 0.2) is 121 Å². The number of H-pyrrole nitrogens is 3. The molecule has 6 unspecified atom stereocenters. The van der Waals surface area contributed by atoms with Crippen LogP contribution in [-0.4, -0.2) is 89.8 Å². The van der Waals surface area contributed by atoms with Gasteiger partial charge in [-0.15, -0.1) is 30.6 Å². The molecule has 12 aromatic rings. The number of carbonyl (C=O) groups excluding carboxylic acids is 3. The van der Waals surface area contributed by atoms with Crippen molar-refractivity contribution in [2.75, 3.05) is 14.2 Å². The highest BCUT2D eigenvalue weighted by Gasteiger charge is 2.28. The summed E-state index contributed by atoms with van der Waals surface area (Å²) in [5.41, 5.74) is 12.8. The quantitative estimate of drug-likeness (QED) is 0.0302. The first-order chi connectivity index (χ1) is 51.2. The van der Waals surface area contributed by atoms with Gasteiger partial charge in [0.1, 0.15) is 11.5 Å². The van der Waals surface area contributed by atoms with E-state index in [1.165, 1.54) is 12.1 Å². The number of hydrogen-bond acceptors (Lipinski definition) is 15. The average molecular weight is 1620 g/mol. The number of fused-ring (bicyclic) bond motifs is 3. The van der Waals surface area contributed by atoms with Crippen molar-refractivity contribution in [2.45, 2.75) is 159 Å². The minimum absolute atomic E-state index is 0.0738. The lowest BCUT2D eigenvalue weighted by atomic mass is 9.93. The monoisotopic (exact) mass is 1620 g/mol. The molecule has 6 aromatic heterocycles. The van der Waals surface area contributed by atoms with Gasteiger partial charge in [-0.1, -0.05) is 145 Å². The van der Waals surface area contributed by atoms with Crippen molar-refractivity contribution < 1.29 is 39.6 Å². The Morgan fingerprint density at radius 3 is 1.08 bits per heavy atom. The van der Waals surface area contributed by atoms with E-state index in [9.17, 15) is 27.0 Å². The molecule has 9 N–H and O–H groups in total. The average Bonchev–Trinajstić information content (AvgIpc) is 1.63. The number of aromatic nitrogens is 12. The van der Waals surface area contributed by atoms with E-state index < -0.39 is 51.9 Å². The third kappa shape index (κ3) is 20.2. The Morgan fingerprint density at radius 1 is 0.404 bits per heavy atom. The molecule has 0 saturated carbocycles. The fourth-order valence-corrected chi connectivity index (χ4v) is 14.0. The summed E-state index contributed by atoms with van der Waals surface area (Å²) >= 11 is 18.1. The zero-order valence-electron chi connectivity index (χ0n) is 63.2. The maximum atomic E-state index is 13.2. The number of nitrogens with one attached hydrogen (secondary N) is 9. The third-order valence-corrected chi connectivity index (χ3v) is 20.7. The molecule has 0 spiro atoms. The molecule has 0 saturated heterocycles. The molecule has 12 rings (SSSR count). The minimum atomic E-state index is -2.02. The van der Waals surface area contributed by atoms with E-state index in [4.69, 9.17) is 59.0 Å². The Hall–Kier alpha value is -9.82. The van der Waals surface area contributed by atoms with Gasteiger partial charge in [0, 0.05) is 79.3 Å². The van der Waals surface area contributed by atoms with Crippen LogP contribution in [0.4, 0.5) is 17.1 Å². The topological polar surface area (TPSA) is 340 Å². The van der Waals surface area contributed by atoms with E-state index in [0.717, 1.165) is 50.5 Å². The molecular weight excluding hydrogens is 1530 g/mol. The molecule has 6 heterocycles. The summed E-state index contributed by atoms with van der Waals surface area (Å²) in [5.74, 6) is 1.95. The Morgan fingerprint density at radius 2 is 0.734 bits per heavy atom. The van der Waals surface area contributed by atoms with Crippen molar-refractivity contribution in [3.05, 3.63) is 226 Å². The van der Waals surface area contributed by atoms with Gasteiger partial charge < -0.3 is 28.5 Å². The van der Waals surface area contributed by atoms with Crippen molar-refractivity contribution in [3.63, 3.8) is 0 Å². The second-order valence-electron chi connectivity index (χ2n) is 29.3. The van der Waals surface area contributed by atoms with Crippen LogP contribution in [0.1, 0.15) is 200 Å². The van der Waals surface area contributed by atoms with Crippen LogP contribution < -0.4 is 42.7 Å². The predicted molar refractivity (Wildman–Crippen MR) is 430 cm³/mol. The molecule has 0 aliphatic carbocycles. The first kappa shape index (κ1) is 81.7. The number of anilines is 3. The fourth-order valence-electron chi connectivity index (χ4n) is 11.2. The molecule has 0 bridgehead atoms. The molecule has 576 valence electrons. The predicted octanol–water partition coefficient (Wildman–Crippen LogP) is 16.2. The fraction of sp³-hybridized carbons (Fsp3) is 0.320. The summed E-state index contributed by atoms with van der Waals surface area (Å²) in [6, 6.07) is 33.2. The van der Waals surface area contributed by atoms with Crippen molar-refractivity contribution >= 4 is 132 Å². The number of aryl methyl sites for hydroxylation is 6. The molecule has 6 aromatic carbocycles. The lowest BCUT2D eigenvalue weighted by Crippen LogP contribution is -2.29. The maximum Gasteiger partial charge on any atom is 0.316 e. The Balaban J connectivity index is 0.000000174. The Labute approximate surface area is 658 Å². The van der Waals surface area contributed by atoms with Crippen molar-refractivity contribution in [1.82, 2.24) is 75.4 Å². The summed E-state index contributed by atoms with van der Waals surface area (Å²) in [7, 11) is 0. The van der Waals surface area contributed by atoms with E-state index in [0.29, 0.717) is 84.7 Å². The molecule has 0 fully saturated rings. The van der Waals surface area contributed by atoms with Crippen LogP contribution in [-0.2, 0) is 50.0 Å². The van der Waals surface area contributed by atoms with Crippen molar-refractivity contribution in [1.29, 1.82) is 0 Å². The van der Waals surface area contributed by atoms with Gasteiger partial charge in [-0.05, 0) is 157 Å². The second kappa shape index (κ2) is 33.6. The zero-order valence-corrected chi connectivity index (χ0v) is 68.7. The lowest BCUT2D eigenvalue weighted by Gasteiger charge is -2.16. The second-order valence-corrected chi connectivity index (χ2v) is 33.5. The highest BCUT2D eigenvalue weighted by molar-refractivity contribution is 7.82. The van der Waals surface area contributed by atoms with Crippen LogP contribution in [0.2, 0.25) is 20.1 Å². The molecule has 109 heavy (non-hydrogen) atoms. The van der Waals surface area contributed by atoms with Crippen LogP contribution in [0, 0.1) is 41.5 Å². The van der Waals surface area contributed by atoms with Gasteiger partial charge in [-0.3, -0.25) is 43.8 Å². The highest BCUT2D eigenvalue weighted by Crippen LogP contribution is 2.36. The molecule has 34 heteroatoms. The molecule has 0 aliphatic rings. The zero-order chi connectivity index (χ0) is 79.5. The standard InChI is InChI=1S/C27H34N6O3S.C24H25Cl3N6O3S.C24H27ClN6O3S/c1-15-11-17(3)24(18(4)12-15)36-37(35)32-20-10-9-16(2)21(13-20)26(34)28-19(5)25-30-29-23-14-22(27(6,7)8)31-33(23)25;1-12-6-7-14(32-37(35)36-19-10-17(26)16(25)9-18(19)27)8-15(12)23(34)28-13(2)22-30-29-21-11-20(24(3,4)5)31-33(21)22;1-14-6-9-17(30-35(33)34-18-10-7-16(25)8-11-18)12-19(14)23(32)26-15(2)22-28-27-21-13-20(24(3,4)5)29-31(21)22/h9-14,19,31-32H,1-8H3,(H,28,34);6-11,13,31-32H,1-5H3,(H,28,34);6-13,15,29-30H,1-5H3,(H,26,32). The summed E-state index contributed by atoms with van der Waals surface area (Å²) in [5, 5.41) is 45.5. The molecule has 0 aliphatic heterocycles. The van der Waals surface area contributed by atoms with Crippen LogP contribution in [0.25, 0.3) is 16.9 Å². The van der Waals surface area contributed by atoms with Gasteiger partial charge in [-0.2, -0.15) is 12.6 Å². The maximum absolute atomic E-state index is 13.2. The smallest absolute Gasteiger partial charge is 0.316 e. The number of hydrogen-bond donors (Lipinski definition) is 9. The minimum Gasteiger partial charge on any atom is -0.385 e. The number of rotatable bonds is 21. The van der Waals surface area contributed by atoms with E-state index in [1.807, 2.05) is 92.6 Å². The van der Waals surface area contributed by atoms with Gasteiger partial charge in [0.25, 0.3) is 17.7 Å². The summed E-state index contributed by atoms with van der Waals surface area (Å²) in [6.45, 7) is 35.8. The highest BCUT2D eigenvalue weighted by atomic mass is 35.5.